The van der Waals surface area contributed by atoms with Crippen LogP contribution in [0.1, 0.15) is 12.8 Å². The molecule has 1 N–H and O–H groups in total. The van der Waals surface area contributed by atoms with Gasteiger partial charge in [0.1, 0.15) is 0 Å². The molecule has 0 radical (unpaired) electrons. The lowest BCUT2D eigenvalue weighted by Gasteiger charge is -2.40. The smallest absolute Gasteiger partial charge is 0.396 e. The van der Waals surface area contributed by atoms with Crippen molar-refractivity contribution in [3.8, 4) is 0 Å². The van der Waals surface area contributed by atoms with Crippen LogP contribution in [0.3, 0.4) is 0 Å². The van der Waals surface area contributed by atoms with Gasteiger partial charge in [0.25, 0.3) is 0 Å². The van der Waals surface area contributed by atoms with Gasteiger partial charge in [0.05, 0.1) is 19.4 Å². The van der Waals surface area contributed by atoms with E-state index in [0.717, 1.165) is 0 Å². The van der Waals surface area contributed by atoms with E-state index in [1.807, 2.05) is 0 Å². The molecule has 0 saturated carbocycles. The molecule has 0 rings (SSSR count). The lowest BCUT2D eigenvalue weighted by Crippen LogP contribution is -2.70. The van der Waals surface area contributed by atoms with Crippen LogP contribution in [0, 0.1) is 5.41 Å². The largest absolute Gasteiger partial charge is 0.460 e. The van der Waals surface area contributed by atoms with E-state index < -0.39 is 148 Å². The standard InChI is InChI=1S/C21H15BrF28OS2/c22-3-9(4-51,5-52-7(23)1-10(25,26)12(29,30)14(33,34)16(37,38)18(41,42)20(45,46)47)6-53-8(24)2-11(27,28)13(31,32)15(35,36)17(39,40)19(43,44)21(48,49)50/h7-8,51H,1-6H2. The van der Waals surface area contributed by atoms with Crippen LogP contribution in [0.25, 0.3) is 0 Å². The van der Waals surface area contributed by atoms with Crippen LogP contribution in [-0.4, -0.2) is 111 Å². The van der Waals surface area contributed by atoms with E-state index >= 15 is 0 Å². The Morgan fingerprint density at radius 3 is 0.811 bits per heavy atom. The van der Waals surface area contributed by atoms with Gasteiger partial charge in [0.2, 0.25) is 0 Å². The number of aliphatic hydroxyl groups is 1. The maximum atomic E-state index is 14.2. The van der Waals surface area contributed by atoms with Crippen LogP contribution in [0.4, 0.5) is 123 Å². The van der Waals surface area contributed by atoms with E-state index in [9.17, 15) is 128 Å². The number of aliphatic hydroxyl groups excluding tert-OH is 1. The van der Waals surface area contributed by atoms with E-state index in [0.29, 0.717) is 0 Å². The van der Waals surface area contributed by atoms with Crippen LogP contribution in [-0.2, 0) is 0 Å². The fraction of sp³-hybridized carbons (Fsp3) is 1.00. The predicted molar refractivity (Wildman–Crippen MR) is 129 cm³/mol. The van der Waals surface area contributed by atoms with Crippen molar-refractivity contribution in [1.82, 2.24) is 0 Å². The molecule has 53 heavy (non-hydrogen) atoms. The second kappa shape index (κ2) is 15.5. The van der Waals surface area contributed by atoms with Gasteiger partial charge in [0, 0.05) is 22.3 Å². The number of hydrogen-bond acceptors (Lipinski definition) is 3. The normalized spacial score (nSPS) is 18.2. The summed E-state index contributed by atoms with van der Waals surface area (Å²) in [5.41, 5.74) is -10.1. The number of thioether (sulfide) groups is 2. The molecule has 2 atom stereocenters. The van der Waals surface area contributed by atoms with Gasteiger partial charge in [-0.15, -0.1) is 23.5 Å². The van der Waals surface area contributed by atoms with Gasteiger partial charge in [-0.2, -0.15) is 114 Å². The molecule has 0 aromatic carbocycles. The van der Waals surface area contributed by atoms with Crippen molar-refractivity contribution in [1.29, 1.82) is 0 Å². The minimum Gasteiger partial charge on any atom is -0.396 e. The summed E-state index contributed by atoms with van der Waals surface area (Å²) in [6.07, 6.45) is -22.4. The molecule has 2 unspecified atom stereocenters. The number of halogens is 29. The molecule has 0 spiro atoms. The zero-order valence-corrected chi connectivity index (χ0v) is 27.3. The Hall–Kier alpha value is -0.820. The van der Waals surface area contributed by atoms with E-state index in [-0.39, 0.29) is 0 Å². The first-order valence-electron chi connectivity index (χ1n) is 12.4. The molecule has 0 aromatic rings. The summed E-state index contributed by atoms with van der Waals surface area (Å²) in [4.78, 5) is 0. The summed E-state index contributed by atoms with van der Waals surface area (Å²) in [5.74, 6) is -82.3. The fourth-order valence-corrected chi connectivity index (χ4v) is 6.71. The molecule has 32 heteroatoms. The van der Waals surface area contributed by atoms with Crippen LogP contribution < -0.4 is 0 Å². The monoisotopic (exact) mass is 958 g/mol. The van der Waals surface area contributed by atoms with Crippen LogP contribution in [0.5, 0.6) is 0 Å². The Balaban J connectivity index is 6.04. The topological polar surface area (TPSA) is 20.2 Å². The Bertz CT molecular complexity index is 1120. The molecule has 0 saturated heterocycles. The maximum Gasteiger partial charge on any atom is 0.460 e. The van der Waals surface area contributed by atoms with E-state index in [2.05, 4.69) is 15.9 Å². The van der Waals surface area contributed by atoms with Crippen molar-refractivity contribution < 1.29 is 128 Å². The molecule has 0 aliphatic heterocycles. The van der Waals surface area contributed by atoms with Gasteiger partial charge in [-0.3, -0.25) is 0 Å². The highest BCUT2D eigenvalue weighted by atomic mass is 79.9. The third-order valence-electron chi connectivity index (χ3n) is 6.59. The van der Waals surface area contributed by atoms with Crippen molar-refractivity contribution in [3.63, 3.8) is 0 Å². The maximum absolute atomic E-state index is 14.2. The Morgan fingerprint density at radius 1 is 0.396 bits per heavy atom. The summed E-state index contributed by atoms with van der Waals surface area (Å²) in [6, 6.07) is 0. The SMILES string of the molecule is OCC(CBr)(CSC(F)CC(F)(F)C(F)(F)C(F)(F)C(F)(F)C(F)(F)C(F)(F)F)CSC(F)CC(F)(F)C(F)(F)C(F)(F)C(F)(F)C(F)(F)C(F)(F)F. The minimum atomic E-state index is -8.34. The van der Waals surface area contributed by atoms with Crippen LogP contribution in [0.15, 0.2) is 0 Å². The van der Waals surface area contributed by atoms with Crippen molar-refractivity contribution in [2.45, 2.75) is 95.4 Å². The highest BCUT2D eigenvalue weighted by Crippen LogP contribution is 2.63. The number of alkyl halides is 29. The fourth-order valence-electron chi connectivity index (χ4n) is 3.17. The highest BCUT2D eigenvalue weighted by molar-refractivity contribution is 9.09. The average molecular weight is 959 g/mol. The summed E-state index contributed by atoms with van der Waals surface area (Å²) in [7, 11) is 0. The van der Waals surface area contributed by atoms with Crippen molar-refractivity contribution in [3.05, 3.63) is 0 Å². The first-order valence-corrected chi connectivity index (χ1v) is 15.6. The van der Waals surface area contributed by atoms with Crippen molar-refractivity contribution >= 4 is 39.5 Å². The first-order chi connectivity index (χ1) is 22.8. The lowest BCUT2D eigenvalue weighted by molar-refractivity contribution is -0.440. The second-order valence-corrected chi connectivity index (χ2v) is 13.5. The molecule has 0 fully saturated rings. The third kappa shape index (κ3) is 9.02. The van der Waals surface area contributed by atoms with Gasteiger partial charge < -0.3 is 5.11 Å². The van der Waals surface area contributed by atoms with Crippen molar-refractivity contribution in [2.24, 2.45) is 5.41 Å². The van der Waals surface area contributed by atoms with Gasteiger partial charge in [-0.25, -0.2) is 8.78 Å². The highest BCUT2D eigenvalue weighted by Gasteiger charge is 2.92. The third-order valence-corrected chi connectivity index (χ3v) is 10.4. The zero-order valence-electron chi connectivity index (χ0n) is 24.1. The first kappa shape index (κ1) is 52.2. The minimum absolute atomic E-state index is 0.897. The molecule has 320 valence electrons. The van der Waals surface area contributed by atoms with E-state index in [1.54, 1.807) is 0 Å². The molecule has 0 aromatic heterocycles. The molecular formula is C21H15BrF28OS2. The van der Waals surface area contributed by atoms with Crippen LogP contribution in [0.2, 0.25) is 0 Å². The Kier molecular flexibility index (Phi) is 15.3. The summed E-state index contributed by atoms with van der Waals surface area (Å²) in [6.45, 7) is -1.61. The Labute approximate surface area is 292 Å². The average Bonchev–Trinajstić information content (AvgIpc) is 2.95. The van der Waals surface area contributed by atoms with E-state index in [1.165, 1.54) is 0 Å². The second-order valence-electron chi connectivity index (χ2n) is 10.6. The van der Waals surface area contributed by atoms with Gasteiger partial charge in [0.15, 0.2) is 11.0 Å². The number of hydrogen-bond donors (Lipinski definition) is 1. The molecular weight excluding hydrogens is 944 g/mol. The van der Waals surface area contributed by atoms with Crippen LogP contribution >= 0.6 is 39.5 Å². The number of rotatable bonds is 20. The molecule has 0 bridgehead atoms. The summed E-state index contributed by atoms with van der Waals surface area (Å²) in [5, 5.41) is 8.48. The quantitative estimate of drug-likeness (QED) is 0.0970. The molecule has 0 aliphatic rings. The van der Waals surface area contributed by atoms with Gasteiger partial charge >= 0.3 is 71.6 Å². The zero-order chi connectivity index (χ0) is 43.3. The molecule has 0 amide bonds. The lowest BCUT2D eigenvalue weighted by atomic mass is 9.93. The van der Waals surface area contributed by atoms with Crippen molar-refractivity contribution in [2.75, 3.05) is 23.4 Å². The molecule has 0 aliphatic carbocycles. The summed E-state index contributed by atoms with van der Waals surface area (Å²) >= 11 is 0.632. The van der Waals surface area contributed by atoms with Gasteiger partial charge in [-0.1, -0.05) is 15.9 Å². The molecule has 1 nitrogen and oxygen atoms in total. The van der Waals surface area contributed by atoms with E-state index in [4.69, 9.17) is 0 Å². The molecule has 0 heterocycles. The predicted octanol–water partition coefficient (Wildman–Crippen LogP) is 11.7. The Morgan fingerprint density at radius 2 is 0.623 bits per heavy atom. The van der Waals surface area contributed by atoms with Gasteiger partial charge in [-0.05, 0) is 0 Å². The summed E-state index contributed by atoms with van der Waals surface area (Å²) < 4.78 is 372.